The minimum atomic E-state index is -0.287. The van der Waals surface area contributed by atoms with Crippen LogP contribution in [0, 0.1) is 5.92 Å². The number of pyridine rings is 1. The van der Waals surface area contributed by atoms with E-state index in [9.17, 15) is 4.79 Å². The molecule has 2 aromatic rings. The number of benzene rings is 1. The molecule has 1 aromatic heterocycles. The first-order valence-corrected chi connectivity index (χ1v) is 7.67. The fourth-order valence-electron chi connectivity index (χ4n) is 1.78. The molecule has 2 rings (SSSR count). The fourth-order valence-corrected chi connectivity index (χ4v) is 2.13. The van der Waals surface area contributed by atoms with E-state index >= 15 is 0 Å². The number of nitrogens with zero attached hydrogens (tertiary/aromatic N) is 1. The number of rotatable bonds is 5. The molecule has 0 aliphatic heterocycles. The number of amides is 1. The van der Waals surface area contributed by atoms with E-state index in [1.165, 1.54) is 6.20 Å². The third-order valence-corrected chi connectivity index (χ3v) is 3.73. The SMILES string of the molecule is CC(C)CNc1cncc(C(=O)Nc2cccc(Cl)c2Cl)c1. The average Bonchev–Trinajstić information content (AvgIpc) is 2.50. The van der Waals surface area contributed by atoms with Gasteiger partial charge in [0.25, 0.3) is 5.91 Å². The van der Waals surface area contributed by atoms with Crippen LogP contribution >= 0.6 is 23.2 Å². The minimum Gasteiger partial charge on any atom is -0.384 e. The molecule has 0 spiro atoms. The average molecular weight is 338 g/mol. The van der Waals surface area contributed by atoms with E-state index in [2.05, 4.69) is 29.5 Å². The van der Waals surface area contributed by atoms with Crippen molar-refractivity contribution in [1.82, 2.24) is 4.98 Å². The molecule has 0 fully saturated rings. The lowest BCUT2D eigenvalue weighted by Crippen LogP contribution is -2.14. The number of nitrogens with one attached hydrogen (secondary N) is 2. The second kappa shape index (κ2) is 7.47. The van der Waals surface area contributed by atoms with Gasteiger partial charge in [0.1, 0.15) is 0 Å². The lowest BCUT2D eigenvalue weighted by Gasteiger charge is -2.11. The van der Waals surface area contributed by atoms with Crippen LogP contribution in [0.5, 0.6) is 0 Å². The lowest BCUT2D eigenvalue weighted by atomic mass is 10.2. The zero-order valence-corrected chi connectivity index (χ0v) is 13.9. The second-order valence-corrected chi connectivity index (χ2v) is 6.08. The van der Waals surface area contributed by atoms with Gasteiger partial charge in [0.15, 0.2) is 0 Å². The Labute approximate surface area is 139 Å². The van der Waals surface area contributed by atoms with Crippen molar-refractivity contribution in [2.24, 2.45) is 5.92 Å². The van der Waals surface area contributed by atoms with Crippen molar-refractivity contribution in [1.29, 1.82) is 0 Å². The number of anilines is 2. The largest absolute Gasteiger partial charge is 0.384 e. The van der Waals surface area contributed by atoms with Gasteiger partial charge in [-0.2, -0.15) is 0 Å². The molecule has 22 heavy (non-hydrogen) atoms. The van der Waals surface area contributed by atoms with Crippen molar-refractivity contribution in [3.05, 3.63) is 52.3 Å². The van der Waals surface area contributed by atoms with E-state index in [1.54, 1.807) is 30.5 Å². The Bertz CT molecular complexity index is 674. The normalized spacial score (nSPS) is 10.6. The van der Waals surface area contributed by atoms with Gasteiger partial charge >= 0.3 is 0 Å². The summed E-state index contributed by atoms with van der Waals surface area (Å²) >= 11 is 12.0. The Balaban J connectivity index is 2.12. The first-order chi connectivity index (χ1) is 10.5. The van der Waals surface area contributed by atoms with Gasteiger partial charge in [0.05, 0.1) is 27.0 Å². The highest BCUT2D eigenvalue weighted by molar-refractivity contribution is 6.44. The van der Waals surface area contributed by atoms with E-state index in [1.807, 2.05) is 0 Å². The van der Waals surface area contributed by atoms with Gasteiger partial charge < -0.3 is 10.6 Å². The topological polar surface area (TPSA) is 54.0 Å². The van der Waals surface area contributed by atoms with Crippen molar-refractivity contribution in [3.63, 3.8) is 0 Å². The molecule has 0 saturated heterocycles. The summed E-state index contributed by atoms with van der Waals surface area (Å²) in [5.74, 6) is 0.215. The summed E-state index contributed by atoms with van der Waals surface area (Å²) < 4.78 is 0. The molecule has 1 aromatic carbocycles. The molecule has 0 bridgehead atoms. The maximum Gasteiger partial charge on any atom is 0.257 e. The molecule has 0 saturated carbocycles. The smallest absolute Gasteiger partial charge is 0.257 e. The van der Waals surface area contributed by atoms with Crippen LogP contribution in [-0.2, 0) is 0 Å². The molecule has 0 aliphatic carbocycles. The molecule has 1 amide bonds. The van der Waals surface area contributed by atoms with E-state index in [4.69, 9.17) is 23.2 Å². The quantitative estimate of drug-likeness (QED) is 0.830. The number of carbonyl (C=O) groups excluding carboxylic acids is 1. The summed E-state index contributed by atoms with van der Waals surface area (Å²) in [4.78, 5) is 16.4. The fraction of sp³-hybridized carbons (Fsp3) is 0.250. The Morgan fingerprint density at radius 1 is 1.27 bits per heavy atom. The Kier molecular flexibility index (Phi) is 5.63. The monoisotopic (exact) mass is 337 g/mol. The molecule has 4 nitrogen and oxygen atoms in total. The summed E-state index contributed by atoms with van der Waals surface area (Å²) in [6.07, 6.45) is 3.19. The summed E-state index contributed by atoms with van der Waals surface area (Å²) in [6.45, 7) is 5.03. The number of hydrogen-bond donors (Lipinski definition) is 2. The second-order valence-electron chi connectivity index (χ2n) is 5.29. The van der Waals surface area contributed by atoms with E-state index in [-0.39, 0.29) is 5.91 Å². The Morgan fingerprint density at radius 3 is 2.77 bits per heavy atom. The highest BCUT2D eigenvalue weighted by Crippen LogP contribution is 2.29. The molecule has 0 radical (unpaired) electrons. The van der Waals surface area contributed by atoms with Crippen LogP contribution in [-0.4, -0.2) is 17.4 Å². The first kappa shape index (κ1) is 16.6. The Hall–Kier alpha value is -1.78. The van der Waals surface area contributed by atoms with Gasteiger partial charge in [-0.3, -0.25) is 9.78 Å². The summed E-state index contributed by atoms with van der Waals surface area (Å²) in [7, 11) is 0. The van der Waals surface area contributed by atoms with Crippen LogP contribution in [0.4, 0.5) is 11.4 Å². The van der Waals surface area contributed by atoms with Gasteiger partial charge in [0.2, 0.25) is 0 Å². The van der Waals surface area contributed by atoms with E-state index in [0.717, 1.165) is 12.2 Å². The number of halogens is 2. The summed E-state index contributed by atoms with van der Waals surface area (Å²) in [5, 5.41) is 6.68. The molecule has 0 atom stereocenters. The molecular weight excluding hydrogens is 321 g/mol. The van der Waals surface area contributed by atoms with Crippen molar-refractivity contribution >= 4 is 40.5 Å². The predicted octanol–water partition coefficient (Wildman–Crippen LogP) is 4.71. The summed E-state index contributed by atoms with van der Waals surface area (Å²) in [5.41, 5.74) is 1.73. The summed E-state index contributed by atoms with van der Waals surface area (Å²) in [6, 6.07) is 6.84. The number of carbonyl (C=O) groups is 1. The van der Waals surface area contributed by atoms with Crippen LogP contribution in [0.15, 0.2) is 36.7 Å². The van der Waals surface area contributed by atoms with Crippen LogP contribution in [0.1, 0.15) is 24.2 Å². The van der Waals surface area contributed by atoms with Gasteiger partial charge in [-0.1, -0.05) is 43.1 Å². The molecule has 0 unspecified atom stereocenters. The van der Waals surface area contributed by atoms with Crippen LogP contribution in [0.2, 0.25) is 10.0 Å². The van der Waals surface area contributed by atoms with E-state index < -0.39 is 0 Å². The van der Waals surface area contributed by atoms with E-state index in [0.29, 0.717) is 27.2 Å². The van der Waals surface area contributed by atoms with Gasteiger partial charge in [0, 0.05) is 18.9 Å². The van der Waals surface area contributed by atoms with Gasteiger partial charge in [-0.15, -0.1) is 0 Å². The Morgan fingerprint density at radius 2 is 2.05 bits per heavy atom. The first-order valence-electron chi connectivity index (χ1n) is 6.91. The van der Waals surface area contributed by atoms with Crippen LogP contribution in [0.3, 0.4) is 0 Å². The molecule has 0 aliphatic rings. The standard InChI is InChI=1S/C16H17Cl2N3O/c1-10(2)7-20-12-6-11(8-19-9-12)16(22)21-14-5-3-4-13(17)15(14)18/h3-6,8-10,20H,7H2,1-2H3,(H,21,22). The maximum absolute atomic E-state index is 12.3. The zero-order valence-electron chi connectivity index (χ0n) is 12.4. The number of hydrogen-bond acceptors (Lipinski definition) is 3. The molecule has 116 valence electrons. The molecule has 2 N–H and O–H groups in total. The van der Waals surface area contributed by atoms with Crippen molar-refractivity contribution < 1.29 is 4.79 Å². The van der Waals surface area contributed by atoms with Gasteiger partial charge in [-0.05, 0) is 24.1 Å². The van der Waals surface area contributed by atoms with Gasteiger partial charge in [-0.25, -0.2) is 0 Å². The highest BCUT2D eigenvalue weighted by atomic mass is 35.5. The zero-order chi connectivity index (χ0) is 16.1. The predicted molar refractivity (Wildman–Crippen MR) is 92.0 cm³/mol. The third-order valence-electron chi connectivity index (χ3n) is 2.91. The van der Waals surface area contributed by atoms with Crippen molar-refractivity contribution in [3.8, 4) is 0 Å². The van der Waals surface area contributed by atoms with Crippen LogP contribution < -0.4 is 10.6 Å². The lowest BCUT2D eigenvalue weighted by molar-refractivity contribution is 0.102. The highest BCUT2D eigenvalue weighted by Gasteiger charge is 2.11. The third kappa shape index (κ3) is 4.36. The molecule has 6 heteroatoms. The van der Waals surface area contributed by atoms with Crippen molar-refractivity contribution in [2.75, 3.05) is 17.2 Å². The molecule has 1 heterocycles. The molecular formula is C16H17Cl2N3O. The maximum atomic E-state index is 12.3. The number of aromatic nitrogens is 1. The van der Waals surface area contributed by atoms with Crippen LogP contribution in [0.25, 0.3) is 0 Å². The van der Waals surface area contributed by atoms with Crippen molar-refractivity contribution in [2.45, 2.75) is 13.8 Å². The minimum absolute atomic E-state index is 0.287.